The lowest BCUT2D eigenvalue weighted by Crippen LogP contribution is -2.36. The summed E-state index contributed by atoms with van der Waals surface area (Å²) in [6.45, 7) is 10.4. The first kappa shape index (κ1) is 18.6. The van der Waals surface area contributed by atoms with E-state index in [9.17, 15) is 0 Å². The number of hydrogen-bond donors (Lipinski definition) is 2. The molecule has 0 spiro atoms. The third-order valence-electron chi connectivity index (χ3n) is 2.45. The van der Waals surface area contributed by atoms with E-state index in [4.69, 9.17) is 21.7 Å². The minimum absolute atomic E-state index is 0.304. The second-order valence-electron chi connectivity index (χ2n) is 4.78. The summed E-state index contributed by atoms with van der Waals surface area (Å²) < 4.78 is 10.9. The van der Waals surface area contributed by atoms with E-state index in [-0.39, 0.29) is 0 Å². The maximum Gasteiger partial charge on any atom is 0.166 e. The molecule has 0 bridgehead atoms. The van der Waals surface area contributed by atoms with Crippen LogP contribution in [0.25, 0.3) is 0 Å². The molecule has 0 atom stereocenters. The normalized spacial score (nSPS) is 10.7. The van der Waals surface area contributed by atoms with Crippen LogP contribution in [-0.4, -0.2) is 44.1 Å². The van der Waals surface area contributed by atoms with Crippen LogP contribution in [0.3, 0.4) is 0 Å². The Kier molecular flexibility index (Phi) is 13.7. The molecule has 19 heavy (non-hydrogen) atoms. The molecule has 0 amide bonds. The van der Waals surface area contributed by atoms with Gasteiger partial charge in [0.05, 0.1) is 6.10 Å². The predicted octanol–water partition coefficient (Wildman–Crippen LogP) is 2.47. The van der Waals surface area contributed by atoms with Crippen LogP contribution in [0.2, 0.25) is 0 Å². The molecule has 0 aliphatic heterocycles. The molecule has 0 heterocycles. The van der Waals surface area contributed by atoms with E-state index < -0.39 is 0 Å². The molecule has 0 aliphatic rings. The first-order valence-electron chi connectivity index (χ1n) is 7.37. The highest BCUT2D eigenvalue weighted by Gasteiger charge is 1.96. The molecule has 5 heteroatoms. The topological polar surface area (TPSA) is 42.5 Å². The number of thiocarbonyl (C=S) groups is 1. The Morgan fingerprint density at radius 3 is 2.16 bits per heavy atom. The molecule has 0 fully saturated rings. The van der Waals surface area contributed by atoms with Crippen molar-refractivity contribution in [3.8, 4) is 0 Å². The maximum atomic E-state index is 5.47. The summed E-state index contributed by atoms with van der Waals surface area (Å²) in [7, 11) is 0. The van der Waals surface area contributed by atoms with E-state index in [2.05, 4.69) is 17.6 Å². The van der Waals surface area contributed by atoms with Crippen LogP contribution in [0.5, 0.6) is 0 Å². The maximum absolute atomic E-state index is 5.47. The molecule has 0 saturated heterocycles. The molecule has 0 rings (SSSR count). The van der Waals surface area contributed by atoms with Crippen LogP contribution in [0, 0.1) is 0 Å². The number of hydrogen-bond acceptors (Lipinski definition) is 3. The van der Waals surface area contributed by atoms with Crippen molar-refractivity contribution in [1.29, 1.82) is 0 Å². The van der Waals surface area contributed by atoms with Crippen molar-refractivity contribution in [2.45, 2.75) is 52.6 Å². The van der Waals surface area contributed by atoms with Crippen molar-refractivity contribution < 1.29 is 9.47 Å². The van der Waals surface area contributed by atoms with Gasteiger partial charge < -0.3 is 20.1 Å². The molecular weight excluding hydrogens is 260 g/mol. The van der Waals surface area contributed by atoms with E-state index in [0.717, 1.165) is 57.3 Å². The van der Waals surface area contributed by atoms with Crippen LogP contribution >= 0.6 is 12.2 Å². The average molecular weight is 290 g/mol. The van der Waals surface area contributed by atoms with Crippen LogP contribution in [-0.2, 0) is 9.47 Å². The summed E-state index contributed by atoms with van der Waals surface area (Å²) in [5.41, 5.74) is 0. The molecule has 0 radical (unpaired) electrons. The van der Waals surface area contributed by atoms with Gasteiger partial charge in [-0.2, -0.15) is 0 Å². The van der Waals surface area contributed by atoms with Gasteiger partial charge in [0.25, 0.3) is 0 Å². The fraction of sp³-hybridized carbons (Fsp3) is 0.929. The molecule has 0 saturated carbocycles. The van der Waals surface area contributed by atoms with Gasteiger partial charge in [-0.1, -0.05) is 13.3 Å². The van der Waals surface area contributed by atoms with Gasteiger partial charge in [-0.3, -0.25) is 0 Å². The van der Waals surface area contributed by atoms with Crippen LogP contribution in [0.4, 0.5) is 0 Å². The molecule has 114 valence electrons. The van der Waals surface area contributed by atoms with Gasteiger partial charge in [-0.05, 0) is 45.3 Å². The fourth-order valence-corrected chi connectivity index (χ4v) is 1.58. The minimum atomic E-state index is 0.304. The Hall–Kier alpha value is -0.390. The first-order chi connectivity index (χ1) is 9.16. The quantitative estimate of drug-likeness (QED) is 0.427. The molecular formula is C14H30N2O2S. The minimum Gasteiger partial charge on any atom is -0.381 e. The highest BCUT2D eigenvalue weighted by atomic mass is 32.1. The molecule has 0 aliphatic carbocycles. The summed E-state index contributed by atoms with van der Waals surface area (Å²) in [6, 6.07) is 0. The summed E-state index contributed by atoms with van der Waals surface area (Å²) >= 11 is 5.17. The van der Waals surface area contributed by atoms with Crippen LogP contribution < -0.4 is 10.6 Å². The average Bonchev–Trinajstić information content (AvgIpc) is 2.37. The van der Waals surface area contributed by atoms with Crippen molar-refractivity contribution in [3.63, 3.8) is 0 Å². The summed E-state index contributed by atoms with van der Waals surface area (Å²) in [5.74, 6) is 0. The molecule has 4 nitrogen and oxygen atoms in total. The number of rotatable bonds is 12. The van der Waals surface area contributed by atoms with Gasteiger partial charge >= 0.3 is 0 Å². The SMILES string of the molecule is CCCCOCCCNC(=S)NCCCOC(C)C. The highest BCUT2D eigenvalue weighted by molar-refractivity contribution is 7.80. The lowest BCUT2D eigenvalue weighted by Gasteiger charge is -2.11. The summed E-state index contributed by atoms with van der Waals surface area (Å²) in [6.07, 6.45) is 4.60. The molecule has 0 aromatic carbocycles. The van der Waals surface area contributed by atoms with Crippen molar-refractivity contribution in [2.24, 2.45) is 0 Å². The van der Waals surface area contributed by atoms with Gasteiger partial charge in [0.15, 0.2) is 5.11 Å². The lowest BCUT2D eigenvalue weighted by atomic mass is 10.4. The van der Waals surface area contributed by atoms with Crippen LogP contribution in [0.15, 0.2) is 0 Å². The van der Waals surface area contributed by atoms with Crippen LogP contribution in [0.1, 0.15) is 46.5 Å². The fourth-order valence-electron chi connectivity index (χ4n) is 1.38. The van der Waals surface area contributed by atoms with E-state index in [1.165, 1.54) is 6.42 Å². The Bertz CT molecular complexity index is 214. The first-order valence-corrected chi connectivity index (χ1v) is 7.78. The standard InChI is InChI=1S/C14H30N2O2S/c1-4-5-10-17-11-6-8-15-14(19)16-9-7-12-18-13(2)3/h13H,4-12H2,1-3H3,(H2,15,16,19). The molecule has 0 aromatic rings. The second-order valence-corrected chi connectivity index (χ2v) is 5.18. The Morgan fingerprint density at radius 2 is 1.58 bits per heavy atom. The Labute approximate surface area is 123 Å². The Morgan fingerprint density at radius 1 is 1.00 bits per heavy atom. The van der Waals surface area contributed by atoms with Gasteiger partial charge in [0.2, 0.25) is 0 Å². The van der Waals surface area contributed by atoms with Gasteiger partial charge in [0.1, 0.15) is 0 Å². The molecule has 0 aromatic heterocycles. The van der Waals surface area contributed by atoms with E-state index >= 15 is 0 Å². The number of ether oxygens (including phenoxy) is 2. The molecule has 0 unspecified atom stereocenters. The van der Waals surface area contributed by atoms with Gasteiger partial charge in [0, 0.05) is 32.9 Å². The van der Waals surface area contributed by atoms with Gasteiger partial charge in [-0.25, -0.2) is 0 Å². The van der Waals surface area contributed by atoms with Gasteiger partial charge in [-0.15, -0.1) is 0 Å². The number of nitrogens with one attached hydrogen (secondary N) is 2. The monoisotopic (exact) mass is 290 g/mol. The van der Waals surface area contributed by atoms with E-state index in [1.54, 1.807) is 0 Å². The smallest absolute Gasteiger partial charge is 0.166 e. The van der Waals surface area contributed by atoms with Crippen molar-refractivity contribution in [3.05, 3.63) is 0 Å². The van der Waals surface area contributed by atoms with E-state index in [0.29, 0.717) is 6.10 Å². The van der Waals surface area contributed by atoms with E-state index in [1.807, 2.05) is 13.8 Å². The van der Waals surface area contributed by atoms with Crippen molar-refractivity contribution >= 4 is 17.3 Å². The Balaban J connectivity index is 3.17. The zero-order chi connectivity index (χ0) is 14.3. The highest BCUT2D eigenvalue weighted by Crippen LogP contribution is 1.90. The largest absolute Gasteiger partial charge is 0.381 e. The summed E-state index contributed by atoms with van der Waals surface area (Å²) in [4.78, 5) is 0. The number of unbranched alkanes of at least 4 members (excludes halogenated alkanes) is 1. The second kappa shape index (κ2) is 14.0. The molecule has 2 N–H and O–H groups in total. The third kappa shape index (κ3) is 15.6. The lowest BCUT2D eigenvalue weighted by molar-refractivity contribution is 0.0777. The third-order valence-corrected chi connectivity index (χ3v) is 2.74. The predicted molar refractivity (Wildman–Crippen MR) is 84.7 cm³/mol. The van der Waals surface area contributed by atoms with Crippen molar-refractivity contribution in [1.82, 2.24) is 10.6 Å². The van der Waals surface area contributed by atoms with Crippen molar-refractivity contribution in [2.75, 3.05) is 32.9 Å². The summed E-state index contributed by atoms with van der Waals surface area (Å²) in [5, 5.41) is 7.06. The zero-order valence-electron chi connectivity index (χ0n) is 12.7. The zero-order valence-corrected chi connectivity index (χ0v) is 13.5.